The molecule has 2 atom stereocenters. The van der Waals surface area contributed by atoms with Crippen LogP contribution in [-0.2, 0) is 19.9 Å². The van der Waals surface area contributed by atoms with Gasteiger partial charge in [0.15, 0.2) is 6.10 Å². The molecule has 0 spiro atoms. The summed E-state index contributed by atoms with van der Waals surface area (Å²) in [4.78, 5) is 51.2. The van der Waals surface area contributed by atoms with Crippen LogP contribution in [0, 0.1) is 0 Å². The largest absolute Gasteiger partial charge is 0.479 e. The van der Waals surface area contributed by atoms with Gasteiger partial charge < -0.3 is 20.7 Å². The van der Waals surface area contributed by atoms with Crippen LogP contribution >= 0.6 is 0 Å². The van der Waals surface area contributed by atoms with Gasteiger partial charge in [0, 0.05) is 5.69 Å². The molecule has 3 N–H and O–H groups in total. The minimum absolute atomic E-state index is 0.289. The van der Waals surface area contributed by atoms with Gasteiger partial charge in [0.1, 0.15) is 17.8 Å². The molecule has 9 nitrogen and oxygen atoms in total. The quantitative estimate of drug-likeness (QED) is 0.520. The summed E-state index contributed by atoms with van der Waals surface area (Å²) in [5.74, 6) is -0.862. The van der Waals surface area contributed by atoms with E-state index in [1.54, 1.807) is 38.1 Å². The molecule has 0 bridgehead atoms. The number of urea groups is 1. The molecule has 0 aliphatic carbocycles. The van der Waals surface area contributed by atoms with E-state index in [4.69, 9.17) is 4.74 Å². The van der Waals surface area contributed by atoms with Crippen molar-refractivity contribution in [2.75, 3.05) is 17.2 Å². The molecule has 0 aromatic heterocycles. The van der Waals surface area contributed by atoms with Gasteiger partial charge in [-0.05, 0) is 54.4 Å². The lowest BCUT2D eigenvalue weighted by molar-refractivity contribution is -0.133. The predicted molar refractivity (Wildman–Crippen MR) is 125 cm³/mol. The zero-order valence-corrected chi connectivity index (χ0v) is 18.5. The van der Waals surface area contributed by atoms with E-state index in [1.165, 1.54) is 0 Å². The van der Waals surface area contributed by atoms with E-state index < -0.39 is 36.0 Å². The van der Waals surface area contributed by atoms with Crippen LogP contribution in [0.1, 0.15) is 19.4 Å². The highest BCUT2D eigenvalue weighted by molar-refractivity contribution is 6.10. The second kappa shape index (κ2) is 7.87. The molecule has 2 heterocycles. The second-order valence-corrected chi connectivity index (χ2v) is 8.52. The lowest BCUT2D eigenvalue weighted by Gasteiger charge is -2.24. The Kier molecular flexibility index (Phi) is 4.97. The third-order valence-corrected chi connectivity index (χ3v) is 6.10. The van der Waals surface area contributed by atoms with Crippen molar-refractivity contribution in [2.24, 2.45) is 0 Å². The zero-order chi connectivity index (χ0) is 24.0. The van der Waals surface area contributed by atoms with Crippen molar-refractivity contribution in [3.05, 3.63) is 66.2 Å². The van der Waals surface area contributed by atoms with E-state index in [2.05, 4.69) is 16.0 Å². The smallest absolute Gasteiger partial charge is 0.325 e. The van der Waals surface area contributed by atoms with Crippen LogP contribution in [0.3, 0.4) is 0 Å². The van der Waals surface area contributed by atoms with E-state index in [0.29, 0.717) is 22.7 Å². The van der Waals surface area contributed by atoms with Gasteiger partial charge >= 0.3 is 6.03 Å². The molecule has 1 fully saturated rings. The van der Waals surface area contributed by atoms with Gasteiger partial charge in [0.25, 0.3) is 11.8 Å². The van der Waals surface area contributed by atoms with Crippen molar-refractivity contribution in [3.63, 3.8) is 0 Å². The van der Waals surface area contributed by atoms with Gasteiger partial charge in [-0.1, -0.05) is 36.4 Å². The molecule has 0 unspecified atom stereocenters. The number of ether oxygens (including phenoxy) is 1. The highest BCUT2D eigenvalue weighted by atomic mass is 16.5. The van der Waals surface area contributed by atoms with Crippen LogP contribution in [0.5, 0.6) is 5.75 Å². The van der Waals surface area contributed by atoms with E-state index >= 15 is 0 Å². The number of amides is 5. The third kappa shape index (κ3) is 3.61. The molecule has 3 aromatic carbocycles. The number of anilines is 2. The normalized spacial score (nSPS) is 21.5. The highest BCUT2D eigenvalue weighted by Gasteiger charge is 2.49. The Bertz CT molecular complexity index is 1370. The monoisotopic (exact) mass is 458 g/mol. The van der Waals surface area contributed by atoms with Crippen molar-refractivity contribution >= 4 is 45.9 Å². The number of carbonyl (C=O) groups is 4. The van der Waals surface area contributed by atoms with Gasteiger partial charge in [-0.15, -0.1) is 0 Å². The molecule has 172 valence electrons. The van der Waals surface area contributed by atoms with E-state index in [0.717, 1.165) is 15.7 Å². The van der Waals surface area contributed by atoms with Crippen LogP contribution < -0.4 is 20.7 Å². The highest BCUT2D eigenvalue weighted by Crippen LogP contribution is 2.33. The van der Waals surface area contributed by atoms with Crippen LogP contribution in [0.15, 0.2) is 60.7 Å². The number of imide groups is 1. The van der Waals surface area contributed by atoms with E-state index in [1.807, 2.05) is 36.4 Å². The number of carbonyl (C=O) groups excluding carboxylic acids is 4. The Labute approximate surface area is 195 Å². The van der Waals surface area contributed by atoms with Gasteiger partial charge in [-0.25, -0.2) is 4.79 Å². The SMILES string of the molecule is C[C@@H]1Oc2ccc(NC(=O)CN3C(=O)N[C@@](C)(c4ccc5ccccc5c4)C3=O)cc2NC1=O. The third-order valence-electron chi connectivity index (χ3n) is 6.10. The van der Waals surface area contributed by atoms with Crippen molar-refractivity contribution in [1.29, 1.82) is 0 Å². The van der Waals surface area contributed by atoms with Crippen molar-refractivity contribution < 1.29 is 23.9 Å². The number of nitrogens with zero attached hydrogens (tertiary/aromatic N) is 1. The molecule has 5 rings (SSSR count). The van der Waals surface area contributed by atoms with Crippen molar-refractivity contribution in [3.8, 4) is 5.75 Å². The maximum atomic E-state index is 13.2. The van der Waals surface area contributed by atoms with Gasteiger partial charge in [0.2, 0.25) is 5.91 Å². The summed E-state index contributed by atoms with van der Waals surface area (Å²) < 4.78 is 5.50. The summed E-state index contributed by atoms with van der Waals surface area (Å²) in [6, 6.07) is 17.4. The number of fused-ring (bicyclic) bond motifs is 2. The summed E-state index contributed by atoms with van der Waals surface area (Å²) in [6.07, 6.45) is -0.607. The number of hydrogen-bond donors (Lipinski definition) is 3. The van der Waals surface area contributed by atoms with Crippen molar-refractivity contribution in [2.45, 2.75) is 25.5 Å². The molecule has 1 saturated heterocycles. The number of nitrogens with one attached hydrogen (secondary N) is 3. The molecular formula is C25H22N4O5. The first kappa shape index (κ1) is 21.4. The van der Waals surface area contributed by atoms with Gasteiger partial charge in [-0.3, -0.25) is 19.3 Å². The number of rotatable bonds is 4. The predicted octanol–water partition coefficient (Wildman–Crippen LogP) is 2.96. The minimum Gasteiger partial charge on any atom is -0.479 e. The summed E-state index contributed by atoms with van der Waals surface area (Å²) in [6.45, 7) is 2.81. The zero-order valence-electron chi connectivity index (χ0n) is 18.5. The first-order valence-corrected chi connectivity index (χ1v) is 10.8. The molecule has 2 aliphatic rings. The summed E-state index contributed by atoms with van der Waals surface area (Å²) in [5.41, 5.74) is 0.171. The number of hydrogen-bond acceptors (Lipinski definition) is 5. The fourth-order valence-corrected chi connectivity index (χ4v) is 4.17. The maximum absolute atomic E-state index is 13.2. The van der Waals surface area contributed by atoms with Crippen LogP contribution in [0.25, 0.3) is 10.8 Å². The lowest BCUT2D eigenvalue weighted by Crippen LogP contribution is -2.42. The molecule has 2 aliphatic heterocycles. The first-order valence-electron chi connectivity index (χ1n) is 10.8. The molecule has 9 heteroatoms. The maximum Gasteiger partial charge on any atom is 0.325 e. The first-order chi connectivity index (χ1) is 16.2. The summed E-state index contributed by atoms with van der Waals surface area (Å²) in [5, 5.41) is 10.0. The molecule has 5 amide bonds. The Balaban J connectivity index is 1.31. The lowest BCUT2D eigenvalue weighted by atomic mass is 9.90. The molecule has 34 heavy (non-hydrogen) atoms. The fourth-order valence-electron chi connectivity index (χ4n) is 4.17. The molecular weight excluding hydrogens is 436 g/mol. The summed E-state index contributed by atoms with van der Waals surface area (Å²) in [7, 11) is 0. The Hall–Kier alpha value is -4.40. The average Bonchev–Trinajstić information content (AvgIpc) is 3.03. The Morgan fingerprint density at radius 3 is 2.62 bits per heavy atom. The van der Waals surface area contributed by atoms with Crippen LogP contribution in [0.4, 0.5) is 16.2 Å². The Morgan fingerprint density at radius 2 is 1.82 bits per heavy atom. The summed E-state index contributed by atoms with van der Waals surface area (Å²) >= 11 is 0. The van der Waals surface area contributed by atoms with Crippen LogP contribution in [0.2, 0.25) is 0 Å². The number of benzene rings is 3. The van der Waals surface area contributed by atoms with Gasteiger partial charge in [-0.2, -0.15) is 0 Å². The standard InChI is InChI=1S/C25H22N4O5/c1-14-22(31)27-19-12-18(9-10-20(19)34-14)26-21(30)13-29-23(32)25(2,28-24(29)33)17-8-7-15-5-3-4-6-16(15)11-17/h3-12,14H,13H2,1-2H3,(H,26,30)(H,27,31)(H,28,33)/t14-,25-/m0/s1. The second-order valence-electron chi connectivity index (χ2n) is 8.52. The minimum atomic E-state index is -1.29. The topological polar surface area (TPSA) is 117 Å². The van der Waals surface area contributed by atoms with E-state index in [-0.39, 0.29) is 5.91 Å². The molecule has 0 saturated carbocycles. The van der Waals surface area contributed by atoms with E-state index in [9.17, 15) is 19.2 Å². The molecule has 3 aromatic rings. The van der Waals surface area contributed by atoms with Gasteiger partial charge in [0.05, 0.1) is 5.69 Å². The van der Waals surface area contributed by atoms with Crippen LogP contribution in [-0.4, -0.2) is 41.3 Å². The van der Waals surface area contributed by atoms with Crippen molar-refractivity contribution in [1.82, 2.24) is 10.2 Å². The average molecular weight is 458 g/mol. The Morgan fingerprint density at radius 1 is 1.06 bits per heavy atom. The molecule has 0 radical (unpaired) electrons. The fraction of sp³-hybridized carbons (Fsp3) is 0.200.